The normalized spacial score (nSPS) is 19.8. The van der Waals surface area contributed by atoms with Crippen molar-refractivity contribution in [2.24, 2.45) is 11.3 Å². The van der Waals surface area contributed by atoms with Gasteiger partial charge in [-0.3, -0.25) is 4.79 Å². The van der Waals surface area contributed by atoms with Gasteiger partial charge in [0.2, 0.25) is 5.92 Å². The molecule has 0 saturated heterocycles. The van der Waals surface area contributed by atoms with Crippen molar-refractivity contribution in [3.63, 3.8) is 0 Å². The molecule has 1 aliphatic heterocycles. The van der Waals surface area contributed by atoms with Gasteiger partial charge in [-0.2, -0.15) is 52.7 Å². The Bertz CT molecular complexity index is 575. The highest BCUT2D eigenvalue weighted by Crippen LogP contribution is 2.55. The van der Waals surface area contributed by atoms with Crippen LogP contribution in [0.2, 0.25) is 0 Å². The fraction of sp³-hybridized carbons (Fsp3) is 0.600. The molecule has 15 heteroatoms. The second kappa shape index (κ2) is 5.52. The Balaban J connectivity index is 3.64. The smallest absolute Gasteiger partial charge is 0.421 e. The summed E-state index contributed by atoms with van der Waals surface area (Å²) in [5.41, 5.74) is -5.93. The van der Waals surface area contributed by atoms with Gasteiger partial charge in [0.15, 0.2) is 5.78 Å². The monoisotopic (exact) mass is 398 g/mol. The van der Waals surface area contributed by atoms with Gasteiger partial charge >= 0.3 is 36.1 Å². The van der Waals surface area contributed by atoms with Gasteiger partial charge < -0.3 is 4.74 Å². The Kier molecular flexibility index (Phi) is 4.66. The SMILES string of the molecule is O=C1C=C(C(C(F)(F)F)C(F)(F)F)OC(=O)C1(C(F)(F)F)C(F)(F)F. The van der Waals surface area contributed by atoms with Gasteiger partial charge in [0, 0.05) is 6.08 Å². The van der Waals surface area contributed by atoms with Gasteiger partial charge in [-0.1, -0.05) is 0 Å². The molecule has 0 aromatic rings. The van der Waals surface area contributed by atoms with Gasteiger partial charge in [-0.25, -0.2) is 4.79 Å². The molecule has 144 valence electrons. The Morgan fingerprint density at radius 3 is 1.36 bits per heavy atom. The van der Waals surface area contributed by atoms with Crippen LogP contribution in [0.15, 0.2) is 11.8 Å². The van der Waals surface area contributed by atoms with E-state index in [-0.39, 0.29) is 0 Å². The molecule has 0 unspecified atom stereocenters. The van der Waals surface area contributed by atoms with Crippen molar-refractivity contribution in [2.75, 3.05) is 0 Å². The summed E-state index contributed by atoms with van der Waals surface area (Å²) in [6.07, 6.45) is -27.4. The molecule has 25 heavy (non-hydrogen) atoms. The quantitative estimate of drug-likeness (QED) is 0.383. The van der Waals surface area contributed by atoms with E-state index in [0.29, 0.717) is 0 Å². The number of allylic oxidation sites excluding steroid dienone is 2. The number of hydrogen-bond donors (Lipinski definition) is 0. The first-order valence-electron chi connectivity index (χ1n) is 5.53. The number of carbonyl (C=O) groups is 2. The lowest BCUT2D eigenvalue weighted by atomic mass is 9.79. The number of esters is 1. The van der Waals surface area contributed by atoms with E-state index >= 15 is 0 Å². The molecule has 0 amide bonds. The molecule has 0 radical (unpaired) electrons. The fourth-order valence-corrected chi connectivity index (χ4v) is 1.87. The largest absolute Gasteiger partial charge is 0.429 e. The van der Waals surface area contributed by atoms with E-state index in [4.69, 9.17) is 0 Å². The van der Waals surface area contributed by atoms with Crippen LogP contribution in [0.1, 0.15) is 0 Å². The van der Waals surface area contributed by atoms with E-state index in [9.17, 15) is 62.3 Å². The summed E-state index contributed by atoms with van der Waals surface area (Å²) >= 11 is 0. The van der Waals surface area contributed by atoms with E-state index in [1.54, 1.807) is 0 Å². The maximum atomic E-state index is 12.7. The molecule has 0 aromatic carbocycles. The van der Waals surface area contributed by atoms with Crippen molar-refractivity contribution >= 4 is 11.8 Å². The molecular weight excluding hydrogens is 396 g/mol. The zero-order valence-corrected chi connectivity index (χ0v) is 10.9. The zero-order chi connectivity index (χ0) is 20.2. The molecule has 1 heterocycles. The number of cyclic esters (lactones) is 1. The minimum Gasteiger partial charge on any atom is -0.429 e. The maximum absolute atomic E-state index is 12.7. The van der Waals surface area contributed by atoms with E-state index < -0.39 is 59.6 Å². The summed E-state index contributed by atoms with van der Waals surface area (Å²) in [6, 6.07) is 0. The van der Waals surface area contributed by atoms with Crippen molar-refractivity contribution in [1.82, 2.24) is 0 Å². The highest BCUT2D eigenvalue weighted by molar-refractivity contribution is 6.13. The summed E-state index contributed by atoms with van der Waals surface area (Å²) < 4.78 is 154. The average molecular weight is 398 g/mol. The zero-order valence-electron chi connectivity index (χ0n) is 10.9. The third kappa shape index (κ3) is 3.27. The molecule has 0 aliphatic carbocycles. The molecule has 0 fully saturated rings. The maximum Gasteiger partial charge on any atom is 0.421 e. The predicted molar refractivity (Wildman–Crippen MR) is 49.3 cm³/mol. The molecular formula is C10H2F12O3. The summed E-state index contributed by atoms with van der Waals surface area (Å²) in [6.45, 7) is 0. The Hall–Kier alpha value is -1.96. The summed E-state index contributed by atoms with van der Waals surface area (Å²) in [5.74, 6) is -14.5. The Labute approximate surface area is 128 Å². The van der Waals surface area contributed by atoms with Gasteiger partial charge in [-0.15, -0.1) is 0 Å². The number of hydrogen-bond acceptors (Lipinski definition) is 3. The first-order chi connectivity index (χ1) is 10.8. The number of halogens is 12. The summed E-state index contributed by atoms with van der Waals surface area (Å²) in [5, 5.41) is 0. The predicted octanol–water partition coefficient (Wildman–Crippen LogP) is 3.85. The number of rotatable bonds is 1. The van der Waals surface area contributed by atoms with Crippen LogP contribution in [-0.2, 0) is 14.3 Å². The third-order valence-electron chi connectivity index (χ3n) is 2.95. The van der Waals surface area contributed by atoms with Crippen molar-refractivity contribution in [3.8, 4) is 0 Å². The number of alkyl halides is 12. The first-order valence-corrected chi connectivity index (χ1v) is 5.53. The fourth-order valence-electron chi connectivity index (χ4n) is 1.87. The van der Waals surface area contributed by atoms with Gasteiger partial charge in [0.05, 0.1) is 0 Å². The molecule has 0 N–H and O–H groups in total. The van der Waals surface area contributed by atoms with Crippen LogP contribution in [-0.4, -0.2) is 36.5 Å². The van der Waals surface area contributed by atoms with Crippen LogP contribution in [0.3, 0.4) is 0 Å². The first kappa shape index (κ1) is 21.1. The second-order valence-corrected chi connectivity index (χ2v) is 4.56. The molecule has 0 spiro atoms. The number of carbonyl (C=O) groups excluding carboxylic acids is 2. The molecule has 1 aliphatic rings. The second-order valence-electron chi connectivity index (χ2n) is 4.56. The lowest BCUT2D eigenvalue weighted by Gasteiger charge is -2.36. The average Bonchev–Trinajstić information content (AvgIpc) is 2.18. The van der Waals surface area contributed by atoms with E-state index in [2.05, 4.69) is 4.74 Å². The topological polar surface area (TPSA) is 43.4 Å². The minimum atomic E-state index is -6.73. The van der Waals surface area contributed by atoms with Gasteiger partial charge in [-0.05, 0) is 0 Å². The Morgan fingerprint density at radius 2 is 1.12 bits per heavy atom. The summed E-state index contributed by atoms with van der Waals surface area (Å²) in [4.78, 5) is 22.4. The molecule has 3 nitrogen and oxygen atoms in total. The van der Waals surface area contributed by atoms with Crippen molar-refractivity contribution in [3.05, 3.63) is 11.8 Å². The van der Waals surface area contributed by atoms with Crippen molar-refractivity contribution < 1.29 is 67.0 Å². The van der Waals surface area contributed by atoms with Gasteiger partial charge in [0.25, 0.3) is 0 Å². The minimum absolute atomic E-state index is 1.27. The molecule has 0 atom stereocenters. The van der Waals surface area contributed by atoms with Crippen LogP contribution in [0.25, 0.3) is 0 Å². The van der Waals surface area contributed by atoms with Crippen molar-refractivity contribution in [2.45, 2.75) is 24.7 Å². The highest BCUT2D eigenvalue weighted by Gasteiger charge is 2.82. The standard InChI is InChI=1S/C10H2F12O3/c11-7(12,13)4(8(14,15)16)2-1-3(23)6(5(24)25-2,9(17,18)19)10(20,21)22/h1,4H. The number of ketones is 1. The molecule has 0 aromatic heterocycles. The van der Waals surface area contributed by atoms with E-state index in [1.165, 1.54) is 0 Å². The van der Waals surface area contributed by atoms with Crippen LogP contribution in [0.5, 0.6) is 0 Å². The highest BCUT2D eigenvalue weighted by atomic mass is 19.4. The summed E-state index contributed by atoms with van der Waals surface area (Å²) in [7, 11) is 0. The number of ether oxygens (including phenoxy) is 1. The van der Waals surface area contributed by atoms with Crippen LogP contribution in [0, 0.1) is 11.3 Å². The van der Waals surface area contributed by atoms with Crippen LogP contribution in [0.4, 0.5) is 52.7 Å². The lowest BCUT2D eigenvalue weighted by molar-refractivity contribution is -0.319. The molecule has 0 bridgehead atoms. The van der Waals surface area contributed by atoms with Crippen molar-refractivity contribution in [1.29, 1.82) is 0 Å². The van der Waals surface area contributed by atoms with Gasteiger partial charge in [0.1, 0.15) is 5.76 Å². The lowest BCUT2D eigenvalue weighted by Crippen LogP contribution is -2.62. The van der Waals surface area contributed by atoms with E-state index in [0.717, 1.165) is 0 Å². The van der Waals surface area contributed by atoms with Crippen LogP contribution < -0.4 is 0 Å². The Morgan fingerprint density at radius 1 is 0.760 bits per heavy atom. The molecule has 0 saturated carbocycles. The molecule has 1 rings (SSSR count). The van der Waals surface area contributed by atoms with E-state index in [1.807, 2.05) is 0 Å². The van der Waals surface area contributed by atoms with Crippen LogP contribution >= 0.6 is 0 Å². The third-order valence-corrected chi connectivity index (χ3v) is 2.95.